The number of benzene rings is 1. The second kappa shape index (κ2) is 6.73. The van der Waals surface area contributed by atoms with Crippen molar-refractivity contribution in [3.8, 4) is 0 Å². The molecule has 0 radical (unpaired) electrons. The fraction of sp³-hybridized carbons (Fsp3) is 0.667. The molecule has 1 aliphatic carbocycles. The maximum atomic E-state index is 11.0. The van der Waals surface area contributed by atoms with E-state index in [2.05, 4.69) is 32.0 Å². The van der Waals surface area contributed by atoms with Crippen LogP contribution in [0.5, 0.6) is 0 Å². The number of aryl methyl sites for hydroxylation is 2. The van der Waals surface area contributed by atoms with Crippen LogP contribution in [0.25, 0.3) is 0 Å². The zero-order valence-electron chi connectivity index (χ0n) is 13.0. The highest BCUT2D eigenvalue weighted by molar-refractivity contribution is 5.33. The summed E-state index contributed by atoms with van der Waals surface area (Å²) < 4.78 is 0. The summed E-state index contributed by atoms with van der Waals surface area (Å²) in [7, 11) is 0. The van der Waals surface area contributed by atoms with Gasteiger partial charge in [0.05, 0.1) is 6.10 Å². The van der Waals surface area contributed by atoms with Gasteiger partial charge in [0, 0.05) is 12.0 Å². The highest BCUT2D eigenvalue weighted by Gasteiger charge is 2.37. The summed E-state index contributed by atoms with van der Waals surface area (Å²) in [5.74, 6) is 0. The van der Waals surface area contributed by atoms with Crippen LogP contribution in [-0.4, -0.2) is 11.7 Å². The van der Waals surface area contributed by atoms with Crippen molar-refractivity contribution < 1.29 is 5.11 Å². The van der Waals surface area contributed by atoms with E-state index in [1.54, 1.807) is 0 Å². The van der Waals surface area contributed by atoms with Gasteiger partial charge in [-0.3, -0.25) is 0 Å². The van der Waals surface area contributed by atoms with Crippen molar-refractivity contribution in [1.82, 2.24) is 0 Å². The third-order valence-electron chi connectivity index (χ3n) is 5.06. The topological polar surface area (TPSA) is 46.2 Å². The van der Waals surface area contributed by atoms with E-state index >= 15 is 0 Å². The summed E-state index contributed by atoms with van der Waals surface area (Å²) in [4.78, 5) is 0. The van der Waals surface area contributed by atoms with Crippen LogP contribution in [0.2, 0.25) is 0 Å². The molecule has 0 heterocycles. The first-order valence-electron chi connectivity index (χ1n) is 8.04. The van der Waals surface area contributed by atoms with Crippen molar-refractivity contribution in [3.63, 3.8) is 0 Å². The first-order valence-corrected chi connectivity index (χ1v) is 8.04. The maximum absolute atomic E-state index is 11.0. The first-order chi connectivity index (χ1) is 9.59. The van der Waals surface area contributed by atoms with Crippen molar-refractivity contribution in [1.29, 1.82) is 0 Å². The van der Waals surface area contributed by atoms with E-state index in [4.69, 9.17) is 5.73 Å². The molecule has 0 aliphatic heterocycles. The SMILES string of the molecule is Cc1ccc(C(O)C2(CN)CCCCCCC2)c(C)c1. The lowest BCUT2D eigenvalue weighted by molar-refractivity contribution is 0.00807. The molecule has 1 aromatic carbocycles. The summed E-state index contributed by atoms with van der Waals surface area (Å²) in [6.45, 7) is 4.78. The number of hydrogen-bond acceptors (Lipinski definition) is 2. The molecule has 1 aromatic rings. The zero-order chi connectivity index (χ0) is 14.6. The Labute approximate surface area is 123 Å². The molecule has 1 aliphatic rings. The molecule has 2 nitrogen and oxygen atoms in total. The second-order valence-electron chi connectivity index (χ2n) is 6.60. The van der Waals surface area contributed by atoms with Crippen molar-refractivity contribution in [2.45, 2.75) is 64.9 Å². The van der Waals surface area contributed by atoms with Gasteiger partial charge in [-0.1, -0.05) is 55.9 Å². The molecule has 1 fully saturated rings. The Morgan fingerprint density at radius 1 is 1.10 bits per heavy atom. The average molecular weight is 275 g/mol. The molecule has 2 rings (SSSR count). The quantitative estimate of drug-likeness (QED) is 0.875. The molecule has 0 aromatic heterocycles. The van der Waals surface area contributed by atoms with Gasteiger partial charge in [-0.05, 0) is 37.8 Å². The molecular weight excluding hydrogens is 246 g/mol. The third kappa shape index (κ3) is 3.24. The predicted molar refractivity (Wildman–Crippen MR) is 84.7 cm³/mol. The Bertz CT molecular complexity index is 433. The van der Waals surface area contributed by atoms with Gasteiger partial charge in [0.15, 0.2) is 0 Å². The molecule has 3 N–H and O–H groups in total. The van der Waals surface area contributed by atoms with Crippen molar-refractivity contribution in [2.24, 2.45) is 11.1 Å². The van der Waals surface area contributed by atoms with E-state index in [1.807, 2.05) is 0 Å². The monoisotopic (exact) mass is 275 g/mol. The van der Waals surface area contributed by atoms with E-state index < -0.39 is 6.10 Å². The minimum Gasteiger partial charge on any atom is -0.388 e. The number of nitrogens with two attached hydrogens (primary N) is 1. The van der Waals surface area contributed by atoms with Gasteiger partial charge in [-0.15, -0.1) is 0 Å². The molecule has 0 spiro atoms. The van der Waals surface area contributed by atoms with Gasteiger partial charge in [0.25, 0.3) is 0 Å². The summed E-state index contributed by atoms with van der Waals surface area (Å²) in [5, 5.41) is 11.0. The van der Waals surface area contributed by atoms with Crippen LogP contribution in [0.3, 0.4) is 0 Å². The number of aliphatic hydroxyl groups is 1. The fourth-order valence-electron chi connectivity index (χ4n) is 3.66. The standard InChI is InChI=1S/C18H29NO/c1-14-8-9-16(15(2)12-14)17(20)18(13-19)10-6-4-3-5-7-11-18/h8-9,12,17,20H,3-7,10-11,13,19H2,1-2H3. The van der Waals surface area contributed by atoms with Gasteiger partial charge in [-0.2, -0.15) is 0 Å². The summed E-state index contributed by atoms with van der Waals surface area (Å²) in [6, 6.07) is 6.34. The zero-order valence-corrected chi connectivity index (χ0v) is 13.0. The number of hydrogen-bond donors (Lipinski definition) is 2. The number of aliphatic hydroxyl groups excluding tert-OH is 1. The lowest BCUT2D eigenvalue weighted by atomic mass is 9.69. The summed E-state index contributed by atoms with van der Waals surface area (Å²) in [6.07, 6.45) is 7.96. The van der Waals surface area contributed by atoms with Gasteiger partial charge in [-0.25, -0.2) is 0 Å². The van der Waals surface area contributed by atoms with Gasteiger partial charge >= 0.3 is 0 Å². The molecule has 1 unspecified atom stereocenters. The normalized spacial score (nSPS) is 21.0. The van der Waals surface area contributed by atoms with E-state index in [0.29, 0.717) is 6.54 Å². The molecular formula is C18H29NO. The largest absolute Gasteiger partial charge is 0.388 e. The molecule has 1 atom stereocenters. The maximum Gasteiger partial charge on any atom is 0.0860 e. The Morgan fingerprint density at radius 2 is 1.70 bits per heavy atom. The highest BCUT2D eigenvalue weighted by Crippen LogP contribution is 2.44. The van der Waals surface area contributed by atoms with Crippen LogP contribution in [0.15, 0.2) is 18.2 Å². The fourth-order valence-corrected chi connectivity index (χ4v) is 3.66. The van der Waals surface area contributed by atoms with E-state index in [0.717, 1.165) is 18.4 Å². The first kappa shape index (κ1) is 15.5. The average Bonchev–Trinajstić information content (AvgIpc) is 2.38. The van der Waals surface area contributed by atoms with Gasteiger partial charge in [0.2, 0.25) is 0 Å². The molecule has 0 bridgehead atoms. The van der Waals surface area contributed by atoms with E-state index in [9.17, 15) is 5.11 Å². The number of rotatable bonds is 3. The van der Waals surface area contributed by atoms with E-state index in [1.165, 1.54) is 43.2 Å². The van der Waals surface area contributed by atoms with Crippen LogP contribution >= 0.6 is 0 Å². The molecule has 0 amide bonds. The van der Waals surface area contributed by atoms with Crippen LogP contribution in [0.4, 0.5) is 0 Å². The predicted octanol–water partition coefficient (Wildman–Crippen LogP) is 4.03. The van der Waals surface area contributed by atoms with Crippen LogP contribution < -0.4 is 5.73 Å². The third-order valence-corrected chi connectivity index (χ3v) is 5.06. The molecule has 112 valence electrons. The molecule has 1 saturated carbocycles. The van der Waals surface area contributed by atoms with Gasteiger partial charge in [0.1, 0.15) is 0 Å². The van der Waals surface area contributed by atoms with Crippen LogP contribution in [0.1, 0.15) is 67.7 Å². The van der Waals surface area contributed by atoms with Crippen LogP contribution in [0, 0.1) is 19.3 Å². The smallest absolute Gasteiger partial charge is 0.0860 e. The Morgan fingerprint density at radius 3 is 2.25 bits per heavy atom. The molecule has 0 saturated heterocycles. The lowest BCUT2D eigenvalue weighted by Gasteiger charge is -2.39. The Balaban J connectivity index is 2.28. The highest BCUT2D eigenvalue weighted by atomic mass is 16.3. The molecule has 2 heteroatoms. The van der Waals surface area contributed by atoms with Crippen molar-refractivity contribution >= 4 is 0 Å². The Hall–Kier alpha value is -0.860. The minimum absolute atomic E-state index is 0.125. The summed E-state index contributed by atoms with van der Waals surface area (Å²) >= 11 is 0. The lowest BCUT2D eigenvalue weighted by Crippen LogP contribution is -2.37. The second-order valence-corrected chi connectivity index (χ2v) is 6.60. The van der Waals surface area contributed by atoms with E-state index in [-0.39, 0.29) is 5.41 Å². The molecule has 20 heavy (non-hydrogen) atoms. The Kier molecular flexibility index (Phi) is 5.22. The van der Waals surface area contributed by atoms with Crippen molar-refractivity contribution in [3.05, 3.63) is 34.9 Å². The minimum atomic E-state index is -0.425. The summed E-state index contributed by atoms with van der Waals surface area (Å²) in [5.41, 5.74) is 9.50. The van der Waals surface area contributed by atoms with Crippen LogP contribution in [-0.2, 0) is 0 Å². The van der Waals surface area contributed by atoms with Crippen molar-refractivity contribution in [2.75, 3.05) is 6.54 Å². The van der Waals surface area contributed by atoms with Gasteiger partial charge < -0.3 is 10.8 Å².